The van der Waals surface area contributed by atoms with E-state index in [0.717, 1.165) is 10.7 Å². The van der Waals surface area contributed by atoms with Crippen LogP contribution in [0.5, 0.6) is 5.75 Å². The standard InChI is InChI=1S/C14H11F3N6O4/c15-14(16,17)27-6-5-23-13(26)22-7-18-10(11(22)20-21-23)12(25)19-8-3-1-2-4-9(8)24/h1-4,7,24H,5-6H2,(H,19,25). The molecule has 0 aliphatic rings. The molecule has 0 saturated carbocycles. The topological polar surface area (TPSA) is 124 Å². The molecule has 0 bridgehead atoms. The second kappa shape index (κ2) is 7.03. The van der Waals surface area contributed by atoms with E-state index in [9.17, 15) is 27.9 Å². The zero-order valence-corrected chi connectivity index (χ0v) is 13.3. The van der Waals surface area contributed by atoms with Crippen molar-refractivity contribution in [1.82, 2.24) is 24.4 Å². The molecule has 2 N–H and O–H groups in total. The summed E-state index contributed by atoms with van der Waals surface area (Å²) in [5.74, 6) is -0.932. The highest BCUT2D eigenvalue weighted by atomic mass is 19.4. The van der Waals surface area contributed by atoms with Gasteiger partial charge in [0.05, 0.1) is 18.8 Å². The van der Waals surface area contributed by atoms with Crippen LogP contribution >= 0.6 is 0 Å². The van der Waals surface area contributed by atoms with Gasteiger partial charge in [-0.1, -0.05) is 17.3 Å². The highest BCUT2D eigenvalue weighted by Crippen LogP contribution is 2.22. The predicted octanol–water partition coefficient (Wildman–Crippen LogP) is 0.780. The zero-order chi connectivity index (χ0) is 19.6. The van der Waals surface area contributed by atoms with Crippen molar-refractivity contribution in [2.75, 3.05) is 11.9 Å². The first kappa shape index (κ1) is 18.3. The molecule has 0 aliphatic carbocycles. The number of nitrogens with zero attached hydrogens (tertiary/aromatic N) is 5. The number of halogens is 3. The third-order valence-corrected chi connectivity index (χ3v) is 3.35. The molecule has 27 heavy (non-hydrogen) atoms. The smallest absolute Gasteiger partial charge is 0.506 e. The number of rotatable bonds is 5. The SMILES string of the molecule is O=C(Nc1ccccc1O)c1ncn2c(=O)n(CCOC(F)(F)F)nnc12. The largest absolute Gasteiger partial charge is 0.522 e. The van der Waals surface area contributed by atoms with Crippen LogP contribution < -0.4 is 11.0 Å². The number of aromatic nitrogens is 5. The summed E-state index contributed by atoms with van der Waals surface area (Å²) in [6, 6.07) is 5.96. The van der Waals surface area contributed by atoms with Crippen LogP contribution in [0.15, 0.2) is 35.4 Å². The molecule has 0 radical (unpaired) electrons. The monoisotopic (exact) mass is 384 g/mol. The highest BCUT2D eigenvalue weighted by Gasteiger charge is 2.29. The molecule has 0 spiro atoms. The van der Waals surface area contributed by atoms with Gasteiger partial charge in [-0.3, -0.25) is 9.53 Å². The number of hydrogen-bond donors (Lipinski definition) is 2. The van der Waals surface area contributed by atoms with Crippen molar-refractivity contribution in [3.8, 4) is 5.75 Å². The Morgan fingerprint density at radius 2 is 2.04 bits per heavy atom. The fraction of sp³-hybridized carbons (Fsp3) is 0.214. The maximum atomic E-state index is 12.3. The summed E-state index contributed by atoms with van der Waals surface area (Å²) in [6.07, 6.45) is -3.84. The van der Waals surface area contributed by atoms with E-state index in [1.54, 1.807) is 12.1 Å². The average Bonchev–Trinajstić information content (AvgIpc) is 3.03. The van der Waals surface area contributed by atoms with Gasteiger partial charge in [-0.15, -0.1) is 18.3 Å². The molecule has 13 heteroatoms. The van der Waals surface area contributed by atoms with Crippen molar-refractivity contribution in [3.63, 3.8) is 0 Å². The Kier molecular flexibility index (Phi) is 4.77. The lowest BCUT2D eigenvalue weighted by atomic mass is 10.3. The number of nitrogens with one attached hydrogen (secondary N) is 1. The van der Waals surface area contributed by atoms with Crippen molar-refractivity contribution in [2.45, 2.75) is 12.9 Å². The minimum atomic E-state index is -4.83. The number of carbonyl (C=O) groups is 1. The van der Waals surface area contributed by atoms with Gasteiger partial charge in [0, 0.05) is 0 Å². The van der Waals surface area contributed by atoms with Gasteiger partial charge in [0.1, 0.15) is 12.1 Å². The van der Waals surface area contributed by atoms with E-state index < -0.39 is 31.1 Å². The molecule has 3 aromatic rings. The van der Waals surface area contributed by atoms with E-state index in [-0.39, 0.29) is 22.8 Å². The minimum Gasteiger partial charge on any atom is -0.506 e. The van der Waals surface area contributed by atoms with E-state index in [1.807, 2.05) is 0 Å². The molecule has 2 heterocycles. The Balaban J connectivity index is 1.83. The van der Waals surface area contributed by atoms with Gasteiger partial charge in [0.15, 0.2) is 11.3 Å². The fourth-order valence-electron chi connectivity index (χ4n) is 2.15. The Labute approximate surface area is 147 Å². The Hall–Kier alpha value is -3.48. The van der Waals surface area contributed by atoms with Crippen LogP contribution in [0, 0.1) is 0 Å². The Morgan fingerprint density at radius 1 is 1.30 bits per heavy atom. The van der Waals surface area contributed by atoms with Crippen molar-refractivity contribution in [1.29, 1.82) is 0 Å². The van der Waals surface area contributed by atoms with Gasteiger partial charge in [0.25, 0.3) is 5.91 Å². The Morgan fingerprint density at radius 3 is 2.74 bits per heavy atom. The van der Waals surface area contributed by atoms with E-state index >= 15 is 0 Å². The lowest BCUT2D eigenvalue weighted by molar-refractivity contribution is -0.325. The number of amides is 1. The summed E-state index contributed by atoms with van der Waals surface area (Å²) < 4.78 is 41.1. The van der Waals surface area contributed by atoms with Crippen molar-refractivity contribution in [3.05, 3.63) is 46.8 Å². The summed E-state index contributed by atoms with van der Waals surface area (Å²) in [5, 5.41) is 19.2. The molecule has 3 rings (SSSR count). The number of para-hydroxylation sites is 2. The van der Waals surface area contributed by atoms with Gasteiger partial charge < -0.3 is 10.4 Å². The number of anilines is 1. The summed E-state index contributed by atoms with van der Waals surface area (Å²) in [7, 11) is 0. The molecule has 0 atom stereocenters. The maximum Gasteiger partial charge on any atom is 0.522 e. The summed E-state index contributed by atoms with van der Waals surface area (Å²) in [4.78, 5) is 28.3. The summed E-state index contributed by atoms with van der Waals surface area (Å²) in [5.41, 5.74) is -1.17. The molecule has 0 fully saturated rings. The number of ether oxygens (including phenoxy) is 1. The molecule has 0 saturated heterocycles. The molecule has 0 aliphatic heterocycles. The molecule has 1 aromatic carbocycles. The van der Waals surface area contributed by atoms with E-state index in [4.69, 9.17) is 0 Å². The van der Waals surface area contributed by atoms with Gasteiger partial charge in [-0.05, 0) is 12.1 Å². The molecular formula is C14H11F3N6O4. The van der Waals surface area contributed by atoms with E-state index in [2.05, 4.69) is 25.3 Å². The van der Waals surface area contributed by atoms with Crippen LogP contribution in [-0.4, -0.2) is 48.4 Å². The molecule has 142 valence electrons. The summed E-state index contributed by atoms with van der Waals surface area (Å²) in [6.45, 7) is -1.34. The van der Waals surface area contributed by atoms with E-state index in [1.165, 1.54) is 12.1 Å². The normalized spacial score (nSPS) is 11.7. The van der Waals surface area contributed by atoms with Crippen LogP contribution in [0.2, 0.25) is 0 Å². The lowest BCUT2D eigenvalue weighted by Crippen LogP contribution is -2.32. The van der Waals surface area contributed by atoms with Crippen LogP contribution in [-0.2, 0) is 11.3 Å². The third kappa shape index (κ3) is 4.03. The molecule has 2 aromatic heterocycles. The van der Waals surface area contributed by atoms with E-state index in [0.29, 0.717) is 4.68 Å². The molecular weight excluding hydrogens is 373 g/mol. The first-order valence-electron chi connectivity index (χ1n) is 7.37. The second-order valence-electron chi connectivity index (χ2n) is 5.15. The number of hydrogen-bond acceptors (Lipinski definition) is 7. The van der Waals surface area contributed by atoms with Crippen molar-refractivity contribution < 1.29 is 27.8 Å². The fourth-order valence-corrected chi connectivity index (χ4v) is 2.15. The Bertz CT molecular complexity index is 1050. The predicted molar refractivity (Wildman–Crippen MR) is 83.1 cm³/mol. The summed E-state index contributed by atoms with van der Waals surface area (Å²) >= 11 is 0. The average molecular weight is 384 g/mol. The van der Waals surface area contributed by atoms with Crippen LogP contribution in [0.25, 0.3) is 5.65 Å². The molecule has 0 unspecified atom stereocenters. The third-order valence-electron chi connectivity index (χ3n) is 3.35. The number of benzene rings is 1. The van der Waals surface area contributed by atoms with Gasteiger partial charge in [-0.2, -0.15) is 4.68 Å². The molecule has 1 amide bonds. The van der Waals surface area contributed by atoms with Gasteiger partial charge >= 0.3 is 12.1 Å². The van der Waals surface area contributed by atoms with Crippen LogP contribution in [0.1, 0.15) is 10.5 Å². The number of imidazole rings is 1. The van der Waals surface area contributed by atoms with Crippen LogP contribution in [0.4, 0.5) is 18.9 Å². The van der Waals surface area contributed by atoms with Crippen molar-refractivity contribution in [2.24, 2.45) is 0 Å². The number of alkyl halides is 3. The lowest BCUT2D eigenvalue weighted by Gasteiger charge is -2.08. The number of phenolic OH excluding ortho intramolecular Hbond substituents is 1. The second-order valence-corrected chi connectivity index (χ2v) is 5.15. The first-order chi connectivity index (χ1) is 12.8. The minimum absolute atomic E-state index is 0.120. The molecule has 10 nitrogen and oxygen atoms in total. The van der Waals surface area contributed by atoms with Crippen LogP contribution in [0.3, 0.4) is 0 Å². The number of carbonyl (C=O) groups excluding carboxylic acids is 1. The zero-order valence-electron chi connectivity index (χ0n) is 13.3. The van der Waals surface area contributed by atoms with Crippen molar-refractivity contribution >= 4 is 17.2 Å². The van der Waals surface area contributed by atoms with Gasteiger partial charge in [-0.25, -0.2) is 14.2 Å². The number of fused-ring (bicyclic) bond motifs is 1. The maximum absolute atomic E-state index is 12.3. The first-order valence-corrected chi connectivity index (χ1v) is 7.37. The quantitative estimate of drug-likeness (QED) is 0.623. The number of aromatic hydroxyl groups is 1. The van der Waals surface area contributed by atoms with Gasteiger partial charge in [0.2, 0.25) is 0 Å². The number of phenols is 1. The highest BCUT2D eigenvalue weighted by molar-refractivity contribution is 6.07.